The highest BCUT2D eigenvalue weighted by Gasteiger charge is 2.23. The monoisotopic (exact) mass is 388 g/mol. The molecule has 0 bridgehead atoms. The van der Waals surface area contributed by atoms with Crippen molar-refractivity contribution in [2.45, 2.75) is 64.5 Å². The van der Waals surface area contributed by atoms with Gasteiger partial charge >= 0.3 is 0 Å². The average Bonchev–Trinajstić information content (AvgIpc) is 3.26. The van der Waals surface area contributed by atoms with E-state index >= 15 is 0 Å². The Bertz CT molecular complexity index is 591. The van der Waals surface area contributed by atoms with Gasteiger partial charge in [0.2, 0.25) is 5.88 Å². The van der Waals surface area contributed by atoms with Crippen LogP contribution in [0.4, 0.5) is 0 Å². The predicted molar refractivity (Wildman–Crippen MR) is 113 cm³/mol. The van der Waals surface area contributed by atoms with E-state index in [0.29, 0.717) is 25.1 Å². The number of guanidine groups is 1. The molecule has 1 saturated carbocycles. The Balaban J connectivity index is 1.38. The van der Waals surface area contributed by atoms with Gasteiger partial charge in [0, 0.05) is 45.6 Å². The molecule has 0 radical (unpaired) electrons. The number of likely N-dealkylation sites (tertiary alicyclic amines) is 1. The molecule has 3 rings (SSSR count). The van der Waals surface area contributed by atoms with Gasteiger partial charge in [-0.3, -0.25) is 4.99 Å². The quantitative estimate of drug-likeness (QED) is 0.544. The minimum atomic E-state index is 0.412. The van der Waals surface area contributed by atoms with Crippen LogP contribution in [0.5, 0.6) is 5.88 Å². The Morgan fingerprint density at radius 2 is 2.00 bits per heavy atom. The van der Waals surface area contributed by atoms with Crippen molar-refractivity contribution in [2.75, 3.05) is 33.4 Å². The summed E-state index contributed by atoms with van der Waals surface area (Å²) in [6.07, 6.45) is 10.9. The highest BCUT2D eigenvalue weighted by Crippen LogP contribution is 2.26. The van der Waals surface area contributed by atoms with Crippen LogP contribution >= 0.6 is 0 Å². The molecular formula is C22H36N4O2. The number of hydrogen-bond acceptors (Lipinski definition) is 4. The highest BCUT2D eigenvalue weighted by molar-refractivity contribution is 5.79. The van der Waals surface area contributed by atoms with Gasteiger partial charge in [0.25, 0.3) is 0 Å². The fraction of sp³-hybridized carbons (Fsp3) is 0.727. The first-order chi connectivity index (χ1) is 13.8. The SMILES string of the molecule is CCCOc1ccc(CNC(=NC)N2CCC(OCC3CCCC3)CC2)cn1. The van der Waals surface area contributed by atoms with Gasteiger partial charge in [0.15, 0.2) is 5.96 Å². The van der Waals surface area contributed by atoms with Crippen molar-refractivity contribution < 1.29 is 9.47 Å². The third kappa shape index (κ3) is 6.36. The van der Waals surface area contributed by atoms with Crippen LogP contribution in [-0.4, -0.2) is 55.3 Å². The van der Waals surface area contributed by atoms with E-state index in [1.165, 1.54) is 25.7 Å². The van der Waals surface area contributed by atoms with Crippen molar-refractivity contribution in [3.05, 3.63) is 23.9 Å². The lowest BCUT2D eigenvalue weighted by Crippen LogP contribution is -2.46. The zero-order valence-corrected chi connectivity index (χ0v) is 17.5. The maximum Gasteiger partial charge on any atom is 0.213 e. The molecule has 6 heteroatoms. The maximum absolute atomic E-state index is 6.19. The second kappa shape index (κ2) is 11.2. The molecule has 1 aromatic heterocycles. The number of ether oxygens (including phenoxy) is 2. The molecule has 1 saturated heterocycles. The fourth-order valence-corrected chi connectivity index (χ4v) is 4.00. The average molecular weight is 389 g/mol. The number of rotatable bonds is 8. The minimum absolute atomic E-state index is 0.412. The van der Waals surface area contributed by atoms with Gasteiger partial charge < -0.3 is 19.7 Å². The van der Waals surface area contributed by atoms with E-state index in [1.54, 1.807) is 0 Å². The molecule has 0 spiro atoms. The molecule has 1 aromatic rings. The van der Waals surface area contributed by atoms with Crippen molar-refractivity contribution in [1.82, 2.24) is 15.2 Å². The second-order valence-electron chi connectivity index (χ2n) is 7.92. The number of hydrogen-bond donors (Lipinski definition) is 1. The number of piperidine rings is 1. The van der Waals surface area contributed by atoms with Crippen LogP contribution in [-0.2, 0) is 11.3 Å². The third-order valence-electron chi connectivity index (χ3n) is 5.70. The van der Waals surface area contributed by atoms with Crippen molar-refractivity contribution in [3.8, 4) is 5.88 Å². The Kier molecular flexibility index (Phi) is 8.40. The molecule has 1 N–H and O–H groups in total. The molecule has 156 valence electrons. The number of nitrogens with zero attached hydrogens (tertiary/aromatic N) is 3. The Hall–Kier alpha value is -1.82. The van der Waals surface area contributed by atoms with Gasteiger partial charge in [-0.25, -0.2) is 4.98 Å². The minimum Gasteiger partial charge on any atom is -0.478 e. The summed E-state index contributed by atoms with van der Waals surface area (Å²) < 4.78 is 11.7. The van der Waals surface area contributed by atoms with Gasteiger partial charge in [0.05, 0.1) is 12.7 Å². The Labute approximate surface area is 169 Å². The molecule has 2 heterocycles. The number of nitrogens with one attached hydrogen (secondary N) is 1. The fourth-order valence-electron chi connectivity index (χ4n) is 4.00. The van der Waals surface area contributed by atoms with E-state index in [0.717, 1.165) is 56.4 Å². The van der Waals surface area contributed by atoms with Crippen molar-refractivity contribution in [1.29, 1.82) is 0 Å². The van der Waals surface area contributed by atoms with Gasteiger partial charge in [-0.05, 0) is 43.6 Å². The van der Waals surface area contributed by atoms with Crippen molar-refractivity contribution in [2.24, 2.45) is 10.9 Å². The molecule has 6 nitrogen and oxygen atoms in total. The molecule has 0 aromatic carbocycles. The lowest BCUT2D eigenvalue weighted by atomic mass is 10.1. The molecule has 1 aliphatic heterocycles. The largest absolute Gasteiger partial charge is 0.478 e. The Morgan fingerprint density at radius 1 is 1.21 bits per heavy atom. The summed E-state index contributed by atoms with van der Waals surface area (Å²) in [5, 5.41) is 3.46. The normalized spacial score (nSPS) is 19.2. The zero-order valence-electron chi connectivity index (χ0n) is 17.5. The van der Waals surface area contributed by atoms with Gasteiger partial charge in [-0.2, -0.15) is 0 Å². The second-order valence-corrected chi connectivity index (χ2v) is 7.92. The van der Waals surface area contributed by atoms with E-state index in [-0.39, 0.29) is 0 Å². The molecule has 0 atom stereocenters. The van der Waals surface area contributed by atoms with Crippen LogP contribution in [0, 0.1) is 5.92 Å². The summed E-state index contributed by atoms with van der Waals surface area (Å²) in [7, 11) is 1.85. The lowest BCUT2D eigenvalue weighted by molar-refractivity contribution is 0.00101. The Morgan fingerprint density at radius 3 is 2.64 bits per heavy atom. The molecule has 1 aliphatic carbocycles. The molecule has 2 aliphatic rings. The summed E-state index contributed by atoms with van der Waals surface area (Å²) in [5.41, 5.74) is 1.12. The van der Waals surface area contributed by atoms with E-state index in [4.69, 9.17) is 9.47 Å². The molecule has 0 amide bonds. The highest BCUT2D eigenvalue weighted by atomic mass is 16.5. The first kappa shape index (κ1) is 20.9. The number of pyridine rings is 1. The lowest BCUT2D eigenvalue weighted by Gasteiger charge is -2.34. The smallest absolute Gasteiger partial charge is 0.213 e. The van der Waals surface area contributed by atoms with E-state index < -0.39 is 0 Å². The topological polar surface area (TPSA) is 59.0 Å². The first-order valence-electron chi connectivity index (χ1n) is 10.9. The van der Waals surface area contributed by atoms with Crippen LogP contribution in [0.3, 0.4) is 0 Å². The number of aromatic nitrogens is 1. The molecule has 0 unspecified atom stereocenters. The predicted octanol–water partition coefficient (Wildman–Crippen LogP) is 3.62. The van der Waals surface area contributed by atoms with Crippen LogP contribution in [0.15, 0.2) is 23.3 Å². The molecular weight excluding hydrogens is 352 g/mol. The van der Waals surface area contributed by atoms with E-state index in [2.05, 4.69) is 33.2 Å². The summed E-state index contributed by atoms with van der Waals surface area (Å²) >= 11 is 0. The maximum atomic E-state index is 6.19. The third-order valence-corrected chi connectivity index (χ3v) is 5.70. The van der Waals surface area contributed by atoms with Crippen molar-refractivity contribution >= 4 is 5.96 Å². The van der Waals surface area contributed by atoms with Crippen LogP contribution < -0.4 is 10.1 Å². The van der Waals surface area contributed by atoms with E-state index in [9.17, 15) is 0 Å². The first-order valence-corrected chi connectivity index (χ1v) is 10.9. The summed E-state index contributed by atoms with van der Waals surface area (Å²) in [6.45, 7) is 6.47. The van der Waals surface area contributed by atoms with E-state index in [1.807, 2.05) is 19.3 Å². The van der Waals surface area contributed by atoms with Crippen LogP contribution in [0.1, 0.15) is 57.4 Å². The van der Waals surface area contributed by atoms with Crippen molar-refractivity contribution in [3.63, 3.8) is 0 Å². The molecule has 2 fully saturated rings. The molecule has 28 heavy (non-hydrogen) atoms. The number of aliphatic imine (C=N–C) groups is 1. The summed E-state index contributed by atoms with van der Waals surface area (Å²) in [4.78, 5) is 11.2. The van der Waals surface area contributed by atoms with Gasteiger partial charge in [-0.1, -0.05) is 25.8 Å². The van der Waals surface area contributed by atoms with Crippen LogP contribution in [0.2, 0.25) is 0 Å². The summed E-state index contributed by atoms with van der Waals surface area (Å²) in [5.74, 6) is 2.45. The standard InChI is InChI=1S/C22H36N4O2/c1-3-14-27-21-9-8-19(15-24-21)16-25-22(23-2)26-12-10-20(11-13-26)28-17-18-6-4-5-7-18/h8-9,15,18,20H,3-7,10-14,16-17H2,1-2H3,(H,23,25). The van der Waals surface area contributed by atoms with Gasteiger partial charge in [0.1, 0.15) is 0 Å². The van der Waals surface area contributed by atoms with Crippen LogP contribution in [0.25, 0.3) is 0 Å². The zero-order chi connectivity index (χ0) is 19.6. The van der Waals surface area contributed by atoms with Gasteiger partial charge in [-0.15, -0.1) is 0 Å². The summed E-state index contributed by atoms with van der Waals surface area (Å²) in [6, 6.07) is 3.99.